The minimum atomic E-state index is -1.03. The number of hydrogen-bond donors (Lipinski definition) is 1. The third-order valence-corrected chi connectivity index (χ3v) is 9.06. The van der Waals surface area contributed by atoms with Gasteiger partial charge in [-0.1, -0.05) is 89.4 Å². The van der Waals surface area contributed by atoms with Crippen LogP contribution < -0.4 is 0 Å². The van der Waals surface area contributed by atoms with Crippen molar-refractivity contribution >= 4 is 28.0 Å². The van der Waals surface area contributed by atoms with Crippen molar-refractivity contribution in [1.82, 2.24) is 4.90 Å². The van der Waals surface area contributed by atoms with Gasteiger partial charge >= 0.3 is 12.1 Å². The molecule has 1 unspecified atom stereocenters. The van der Waals surface area contributed by atoms with E-state index in [1.54, 1.807) is 0 Å². The molecule has 0 bridgehead atoms. The van der Waals surface area contributed by atoms with Crippen LogP contribution in [0.1, 0.15) is 54.7 Å². The Kier molecular flexibility index (Phi) is 6.52. The molecule has 1 N–H and O–H groups in total. The molecule has 0 aromatic heterocycles. The van der Waals surface area contributed by atoms with E-state index in [9.17, 15) is 14.7 Å². The number of nitrogens with zero attached hydrogens (tertiary/aromatic N) is 1. The number of carboxylic acids is 1. The van der Waals surface area contributed by atoms with Crippen molar-refractivity contribution in [3.05, 3.63) is 94.0 Å². The number of amides is 1. The highest BCUT2D eigenvalue weighted by atomic mass is 79.9. The van der Waals surface area contributed by atoms with Crippen molar-refractivity contribution in [3.63, 3.8) is 0 Å². The van der Waals surface area contributed by atoms with Gasteiger partial charge in [-0.2, -0.15) is 0 Å². The zero-order valence-electron chi connectivity index (χ0n) is 21.1. The van der Waals surface area contributed by atoms with Gasteiger partial charge in [0.15, 0.2) is 0 Å². The molecule has 3 aromatic rings. The van der Waals surface area contributed by atoms with Crippen LogP contribution in [0.25, 0.3) is 11.1 Å². The number of likely N-dealkylation sites (tertiary alicyclic amines) is 1. The molecule has 1 saturated carbocycles. The van der Waals surface area contributed by atoms with Gasteiger partial charge in [-0.25, -0.2) is 9.59 Å². The Morgan fingerprint density at radius 2 is 1.53 bits per heavy atom. The van der Waals surface area contributed by atoms with Gasteiger partial charge in [0.2, 0.25) is 0 Å². The molecular weight excluding hydrogens is 546 g/mol. The van der Waals surface area contributed by atoms with Gasteiger partial charge in [0.1, 0.15) is 18.8 Å². The van der Waals surface area contributed by atoms with Crippen LogP contribution in [0.15, 0.2) is 77.3 Å². The van der Waals surface area contributed by atoms with Crippen LogP contribution in [0.5, 0.6) is 0 Å². The average molecular weight is 576 g/mol. The maximum absolute atomic E-state index is 13.8. The van der Waals surface area contributed by atoms with Crippen molar-refractivity contribution in [3.8, 4) is 11.1 Å². The summed E-state index contributed by atoms with van der Waals surface area (Å²) in [4.78, 5) is 27.2. The van der Waals surface area contributed by atoms with Gasteiger partial charge in [-0.05, 0) is 52.8 Å². The Labute approximate surface area is 230 Å². The summed E-state index contributed by atoms with van der Waals surface area (Å²) < 4.78 is 13.2. The largest absolute Gasteiger partial charge is 0.480 e. The summed E-state index contributed by atoms with van der Waals surface area (Å²) in [5.74, 6) is -1.05. The molecule has 1 spiro atoms. The van der Waals surface area contributed by atoms with E-state index in [1.165, 1.54) is 22.3 Å². The van der Waals surface area contributed by atoms with Crippen LogP contribution in [0, 0.1) is 0 Å². The lowest BCUT2D eigenvalue weighted by atomic mass is 9.84. The number of hydrogen-bond acceptors (Lipinski definition) is 4. The molecule has 1 heterocycles. The van der Waals surface area contributed by atoms with E-state index < -0.39 is 23.7 Å². The zero-order valence-corrected chi connectivity index (χ0v) is 22.7. The first-order valence-electron chi connectivity index (χ1n) is 13.2. The molecule has 6 rings (SSSR count). The van der Waals surface area contributed by atoms with E-state index in [0.29, 0.717) is 6.42 Å². The number of aliphatic carboxylic acids is 1. The normalized spacial score (nSPS) is 21.4. The fraction of sp³-hybridized carbons (Fsp3) is 0.355. The minimum Gasteiger partial charge on any atom is -0.480 e. The van der Waals surface area contributed by atoms with Gasteiger partial charge in [0.25, 0.3) is 0 Å². The lowest BCUT2D eigenvalue weighted by Gasteiger charge is -2.34. The Morgan fingerprint density at radius 3 is 2.13 bits per heavy atom. The van der Waals surface area contributed by atoms with Gasteiger partial charge in [-0.3, -0.25) is 4.90 Å². The molecule has 6 nitrogen and oxygen atoms in total. The Hall–Kier alpha value is -3.16. The number of carbonyl (C=O) groups excluding carboxylic acids is 1. The zero-order chi connectivity index (χ0) is 26.3. The van der Waals surface area contributed by atoms with Crippen molar-refractivity contribution in [2.45, 2.75) is 49.2 Å². The second kappa shape index (κ2) is 9.86. The Balaban J connectivity index is 1.28. The minimum absolute atomic E-state index is 0.0204. The number of benzene rings is 3. The van der Waals surface area contributed by atoms with E-state index in [1.807, 2.05) is 53.4 Å². The van der Waals surface area contributed by atoms with E-state index >= 15 is 0 Å². The van der Waals surface area contributed by atoms with Crippen molar-refractivity contribution < 1.29 is 24.2 Å². The molecule has 2 fully saturated rings. The number of halogens is 1. The van der Waals surface area contributed by atoms with E-state index in [-0.39, 0.29) is 25.2 Å². The highest BCUT2D eigenvalue weighted by molar-refractivity contribution is 9.10. The smallest absolute Gasteiger partial charge is 0.410 e. The summed E-state index contributed by atoms with van der Waals surface area (Å²) in [6, 6.07) is 24.4. The molecule has 1 amide bonds. The molecule has 196 valence electrons. The summed E-state index contributed by atoms with van der Waals surface area (Å²) in [7, 11) is 0. The summed E-state index contributed by atoms with van der Waals surface area (Å²) in [6.45, 7) is 0.0873. The van der Waals surface area contributed by atoms with Crippen molar-refractivity contribution in [2.75, 3.05) is 19.8 Å². The Morgan fingerprint density at radius 1 is 0.921 bits per heavy atom. The van der Waals surface area contributed by atoms with Crippen LogP contribution in [0.3, 0.4) is 0 Å². The first-order chi connectivity index (χ1) is 18.4. The third kappa shape index (κ3) is 4.31. The summed E-state index contributed by atoms with van der Waals surface area (Å²) in [5.41, 5.74) is 4.29. The lowest BCUT2D eigenvalue weighted by Crippen LogP contribution is -2.46. The van der Waals surface area contributed by atoms with Gasteiger partial charge < -0.3 is 14.6 Å². The van der Waals surface area contributed by atoms with Crippen molar-refractivity contribution in [1.29, 1.82) is 0 Å². The highest BCUT2D eigenvalue weighted by Gasteiger charge is 2.58. The van der Waals surface area contributed by atoms with E-state index in [0.717, 1.165) is 35.7 Å². The van der Waals surface area contributed by atoms with Gasteiger partial charge in [0, 0.05) is 22.4 Å². The van der Waals surface area contributed by atoms with E-state index in [4.69, 9.17) is 9.47 Å². The predicted molar refractivity (Wildman–Crippen MR) is 147 cm³/mol. The predicted octanol–water partition coefficient (Wildman–Crippen LogP) is 6.71. The molecule has 1 atom stereocenters. The number of ether oxygens (including phenoxy) is 2. The standard InChI is InChI=1S/C31H30BrNO5/c32-22-13-11-21(12-14-22)31(38-18-28(34)35)19-30(15-5-6-16-30)33(20-31)29(36)37-17-27-25-9-3-1-7-23(25)24-8-2-4-10-26(24)27/h1-4,7-14,27H,5-6,15-20H2,(H,34,35). The maximum atomic E-state index is 13.8. The second-order valence-electron chi connectivity index (χ2n) is 10.7. The maximum Gasteiger partial charge on any atom is 0.410 e. The van der Waals surface area contributed by atoms with Gasteiger partial charge in [-0.15, -0.1) is 0 Å². The number of carbonyl (C=O) groups is 2. The third-order valence-electron chi connectivity index (χ3n) is 8.53. The van der Waals surface area contributed by atoms with Crippen molar-refractivity contribution in [2.24, 2.45) is 0 Å². The summed E-state index contributed by atoms with van der Waals surface area (Å²) >= 11 is 3.49. The Bertz CT molecular complexity index is 1320. The molecule has 38 heavy (non-hydrogen) atoms. The fourth-order valence-corrected chi connectivity index (χ4v) is 7.11. The number of rotatable bonds is 6. The van der Waals surface area contributed by atoms with Crippen LogP contribution in [0.2, 0.25) is 0 Å². The van der Waals surface area contributed by atoms with Crippen LogP contribution in [-0.2, 0) is 19.9 Å². The quantitative estimate of drug-likeness (QED) is 0.353. The number of fused-ring (bicyclic) bond motifs is 3. The average Bonchev–Trinajstić information content (AvgIpc) is 3.62. The fourth-order valence-electron chi connectivity index (χ4n) is 6.84. The number of carboxylic acid groups (broad SMARTS) is 1. The second-order valence-corrected chi connectivity index (χ2v) is 11.6. The molecule has 1 aliphatic heterocycles. The molecule has 0 radical (unpaired) electrons. The topological polar surface area (TPSA) is 76.1 Å². The molecule has 3 aliphatic rings. The van der Waals surface area contributed by atoms with Crippen LogP contribution in [0.4, 0.5) is 4.79 Å². The molecule has 7 heteroatoms. The first-order valence-corrected chi connectivity index (χ1v) is 13.9. The first kappa shape index (κ1) is 25.1. The SMILES string of the molecule is O=C(O)COC1(c2ccc(Br)cc2)CN(C(=O)OCC2c3ccccc3-c3ccccc32)C2(CCCC2)C1. The van der Waals surface area contributed by atoms with Gasteiger partial charge in [0.05, 0.1) is 6.54 Å². The molecule has 2 aliphatic carbocycles. The molecule has 1 saturated heterocycles. The lowest BCUT2D eigenvalue weighted by molar-refractivity contribution is -0.150. The van der Waals surface area contributed by atoms with Crippen LogP contribution >= 0.6 is 15.9 Å². The van der Waals surface area contributed by atoms with E-state index in [2.05, 4.69) is 40.2 Å². The summed E-state index contributed by atoms with van der Waals surface area (Å²) in [6.07, 6.45) is 3.94. The highest BCUT2D eigenvalue weighted by Crippen LogP contribution is 2.52. The molecule has 3 aromatic carbocycles. The molecular formula is C31H30BrNO5. The monoisotopic (exact) mass is 575 g/mol. The van der Waals surface area contributed by atoms with Crippen LogP contribution in [-0.4, -0.2) is 47.4 Å². The summed E-state index contributed by atoms with van der Waals surface area (Å²) in [5, 5.41) is 9.44.